The summed E-state index contributed by atoms with van der Waals surface area (Å²) in [6, 6.07) is 4.20. The van der Waals surface area contributed by atoms with Crippen molar-refractivity contribution in [2.24, 2.45) is 0 Å². The molecule has 0 saturated carbocycles. The van der Waals surface area contributed by atoms with Crippen LogP contribution in [-0.2, 0) is 4.79 Å². The maximum atomic E-state index is 11.7. The third kappa shape index (κ3) is 2.99. The third-order valence-electron chi connectivity index (χ3n) is 3.93. The number of hydrogen-bond donors (Lipinski definition) is 1. The van der Waals surface area contributed by atoms with Gasteiger partial charge in [0.05, 0.1) is 6.20 Å². The molecule has 0 bridgehead atoms. The van der Waals surface area contributed by atoms with Gasteiger partial charge in [-0.25, -0.2) is 4.98 Å². The predicted octanol–water partition coefficient (Wildman–Crippen LogP) is 1.61. The van der Waals surface area contributed by atoms with Gasteiger partial charge in [-0.1, -0.05) is 6.92 Å². The number of hydrogen-bond acceptors (Lipinski definition) is 4. The Morgan fingerprint density at radius 3 is 2.90 bits per heavy atom. The molecule has 1 fully saturated rings. The Kier molecular flexibility index (Phi) is 4.03. The third-order valence-corrected chi connectivity index (χ3v) is 3.93. The number of aromatic nitrogens is 3. The first kappa shape index (κ1) is 13.9. The second kappa shape index (κ2) is 6.11. The van der Waals surface area contributed by atoms with E-state index in [9.17, 15) is 4.79 Å². The summed E-state index contributed by atoms with van der Waals surface area (Å²) in [4.78, 5) is 18.3. The van der Waals surface area contributed by atoms with Crippen LogP contribution >= 0.6 is 0 Å². The second-order valence-corrected chi connectivity index (χ2v) is 5.48. The standard InChI is InChI=1S/C15H21N5O/c1-2-3-14(21)18-12-6-10-19(11-7-12)15-5-8-16-13-4-9-17-20(13)15/h4-5,8-9,12H,2-3,6-7,10-11H2,1H3,(H,18,21). The SMILES string of the molecule is CCCC(=O)NC1CCN(c2ccnc3ccnn23)CC1. The molecule has 21 heavy (non-hydrogen) atoms. The minimum absolute atomic E-state index is 0.175. The highest BCUT2D eigenvalue weighted by Gasteiger charge is 2.22. The second-order valence-electron chi connectivity index (χ2n) is 5.48. The van der Waals surface area contributed by atoms with Crippen LogP contribution in [0.1, 0.15) is 32.6 Å². The number of anilines is 1. The largest absolute Gasteiger partial charge is 0.356 e. The average Bonchev–Trinajstić information content (AvgIpc) is 2.97. The molecule has 1 saturated heterocycles. The van der Waals surface area contributed by atoms with E-state index in [0.29, 0.717) is 12.5 Å². The highest BCUT2D eigenvalue weighted by atomic mass is 16.1. The number of nitrogens with one attached hydrogen (secondary N) is 1. The van der Waals surface area contributed by atoms with E-state index >= 15 is 0 Å². The maximum Gasteiger partial charge on any atom is 0.220 e. The summed E-state index contributed by atoms with van der Waals surface area (Å²) in [5.41, 5.74) is 0.867. The van der Waals surface area contributed by atoms with Crippen molar-refractivity contribution in [3.8, 4) is 0 Å². The Bertz CT molecular complexity index is 615. The first-order chi connectivity index (χ1) is 10.3. The molecule has 1 N–H and O–H groups in total. The molecule has 6 nitrogen and oxygen atoms in total. The van der Waals surface area contributed by atoms with Crippen LogP contribution in [0.15, 0.2) is 24.5 Å². The topological polar surface area (TPSA) is 62.5 Å². The summed E-state index contributed by atoms with van der Waals surface area (Å²) in [5.74, 6) is 1.25. The van der Waals surface area contributed by atoms with Gasteiger partial charge in [0.15, 0.2) is 5.65 Å². The van der Waals surface area contributed by atoms with E-state index in [1.165, 1.54) is 0 Å². The van der Waals surface area contributed by atoms with Crippen LogP contribution in [0, 0.1) is 0 Å². The molecular formula is C15H21N5O. The molecule has 2 aromatic rings. The Labute approximate surface area is 124 Å². The van der Waals surface area contributed by atoms with Crippen molar-refractivity contribution in [2.45, 2.75) is 38.6 Å². The van der Waals surface area contributed by atoms with Gasteiger partial charge in [0.2, 0.25) is 5.91 Å². The molecule has 0 atom stereocenters. The van der Waals surface area contributed by atoms with Crippen molar-refractivity contribution in [2.75, 3.05) is 18.0 Å². The van der Waals surface area contributed by atoms with E-state index < -0.39 is 0 Å². The van der Waals surface area contributed by atoms with Gasteiger partial charge < -0.3 is 10.2 Å². The number of carbonyl (C=O) groups excluding carboxylic acids is 1. The summed E-state index contributed by atoms with van der Waals surface area (Å²) in [7, 11) is 0. The normalized spacial score (nSPS) is 16.3. The smallest absolute Gasteiger partial charge is 0.220 e. The van der Waals surface area contributed by atoms with Gasteiger partial charge in [-0.15, -0.1) is 0 Å². The lowest BCUT2D eigenvalue weighted by Gasteiger charge is -2.33. The fourth-order valence-electron chi connectivity index (χ4n) is 2.84. The van der Waals surface area contributed by atoms with E-state index in [-0.39, 0.29) is 5.91 Å². The molecule has 0 radical (unpaired) electrons. The van der Waals surface area contributed by atoms with Crippen molar-refractivity contribution >= 4 is 17.4 Å². The van der Waals surface area contributed by atoms with Crippen LogP contribution in [0.2, 0.25) is 0 Å². The summed E-state index contributed by atoms with van der Waals surface area (Å²) >= 11 is 0. The quantitative estimate of drug-likeness (QED) is 0.928. The van der Waals surface area contributed by atoms with Crippen molar-refractivity contribution in [1.29, 1.82) is 0 Å². The molecule has 1 aliphatic rings. The lowest BCUT2D eigenvalue weighted by molar-refractivity contribution is -0.121. The molecule has 3 heterocycles. The molecule has 0 aliphatic carbocycles. The molecule has 3 rings (SSSR count). The minimum atomic E-state index is 0.175. The highest BCUT2D eigenvalue weighted by molar-refractivity contribution is 5.76. The lowest BCUT2D eigenvalue weighted by Crippen LogP contribution is -2.45. The molecule has 2 aromatic heterocycles. The van der Waals surface area contributed by atoms with Crippen molar-refractivity contribution in [3.63, 3.8) is 0 Å². The summed E-state index contributed by atoms with van der Waals surface area (Å²) in [6.07, 6.45) is 7.06. The van der Waals surface area contributed by atoms with E-state index in [4.69, 9.17) is 0 Å². The van der Waals surface area contributed by atoms with E-state index in [2.05, 4.69) is 20.3 Å². The molecule has 0 spiro atoms. The van der Waals surface area contributed by atoms with Gasteiger partial charge in [0.25, 0.3) is 0 Å². The van der Waals surface area contributed by atoms with Crippen molar-refractivity contribution in [1.82, 2.24) is 19.9 Å². The first-order valence-electron chi connectivity index (χ1n) is 7.61. The molecule has 1 amide bonds. The van der Waals surface area contributed by atoms with Crippen LogP contribution in [-0.4, -0.2) is 39.6 Å². The van der Waals surface area contributed by atoms with Crippen molar-refractivity contribution in [3.05, 3.63) is 24.5 Å². The Morgan fingerprint density at radius 1 is 1.33 bits per heavy atom. The van der Waals surface area contributed by atoms with E-state index in [0.717, 1.165) is 43.8 Å². The van der Waals surface area contributed by atoms with Gasteiger partial charge in [0, 0.05) is 37.8 Å². The average molecular weight is 287 g/mol. The number of piperidine rings is 1. The van der Waals surface area contributed by atoms with Crippen LogP contribution in [0.5, 0.6) is 0 Å². The molecule has 1 aliphatic heterocycles. The van der Waals surface area contributed by atoms with Crippen LogP contribution in [0.25, 0.3) is 5.65 Å². The lowest BCUT2D eigenvalue weighted by atomic mass is 10.0. The summed E-state index contributed by atoms with van der Waals surface area (Å²) < 4.78 is 1.87. The van der Waals surface area contributed by atoms with E-state index in [1.54, 1.807) is 6.20 Å². The van der Waals surface area contributed by atoms with Crippen molar-refractivity contribution < 1.29 is 4.79 Å². The Morgan fingerprint density at radius 2 is 2.14 bits per heavy atom. The summed E-state index contributed by atoms with van der Waals surface area (Å²) in [6.45, 7) is 3.88. The minimum Gasteiger partial charge on any atom is -0.356 e. The zero-order valence-corrected chi connectivity index (χ0v) is 12.3. The number of carbonyl (C=O) groups is 1. The molecule has 112 valence electrons. The van der Waals surface area contributed by atoms with Gasteiger partial charge in [-0.05, 0) is 25.3 Å². The maximum absolute atomic E-state index is 11.7. The van der Waals surface area contributed by atoms with Gasteiger partial charge in [0.1, 0.15) is 5.82 Å². The van der Waals surface area contributed by atoms with Gasteiger partial charge in [-0.2, -0.15) is 9.61 Å². The highest BCUT2D eigenvalue weighted by Crippen LogP contribution is 2.20. The number of amides is 1. The zero-order valence-electron chi connectivity index (χ0n) is 12.3. The molecular weight excluding hydrogens is 266 g/mol. The van der Waals surface area contributed by atoms with Crippen LogP contribution in [0.4, 0.5) is 5.82 Å². The monoisotopic (exact) mass is 287 g/mol. The van der Waals surface area contributed by atoms with E-state index in [1.807, 2.05) is 29.8 Å². The zero-order chi connectivity index (χ0) is 14.7. The fraction of sp³-hybridized carbons (Fsp3) is 0.533. The summed E-state index contributed by atoms with van der Waals surface area (Å²) in [5, 5.41) is 7.45. The Hall–Kier alpha value is -2.11. The molecule has 6 heteroatoms. The fourth-order valence-corrected chi connectivity index (χ4v) is 2.84. The van der Waals surface area contributed by atoms with Gasteiger partial charge >= 0.3 is 0 Å². The number of rotatable bonds is 4. The number of fused-ring (bicyclic) bond motifs is 1. The molecule has 0 unspecified atom stereocenters. The van der Waals surface area contributed by atoms with Gasteiger partial charge in [-0.3, -0.25) is 4.79 Å². The Balaban J connectivity index is 1.63. The first-order valence-corrected chi connectivity index (χ1v) is 7.61. The predicted molar refractivity (Wildman–Crippen MR) is 81.3 cm³/mol. The van der Waals surface area contributed by atoms with Crippen LogP contribution < -0.4 is 10.2 Å². The molecule has 0 aromatic carbocycles. The van der Waals surface area contributed by atoms with Crippen LogP contribution in [0.3, 0.4) is 0 Å². The number of nitrogens with zero attached hydrogens (tertiary/aromatic N) is 4.